The number of hydrogen-bond donors (Lipinski definition) is 2. The van der Waals surface area contributed by atoms with Gasteiger partial charge in [0.1, 0.15) is 11.3 Å². The van der Waals surface area contributed by atoms with Crippen LogP contribution in [-0.2, 0) is 11.5 Å². The minimum absolute atomic E-state index is 0.00119. The van der Waals surface area contributed by atoms with Gasteiger partial charge in [0.2, 0.25) is 5.82 Å². The average molecular weight is 553 g/mol. The molecule has 11 heteroatoms. The lowest BCUT2D eigenvalue weighted by atomic mass is 10.0. The summed E-state index contributed by atoms with van der Waals surface area (Å²) in [6.07, 6.45) is 2.31. The van der Waals surface area contributed by atoms with Gasteiger partial charge < -0.3 is 29.5 Å². The normalized spacial score (nSPS) is 14.8. The molecule has 0 radical (unpaired) electrons. The number of carbonyl (C=O) groups is 2. The van der Waals surface area contributed by atoms with Crippen molar-refractivity contribution in [2.45, 2.75) is 51.3 Å². The van der Waals surface area contributed by atoms with Crippen molar-refractivity contribution < 1.29 is 19.4 Å². The second-order valence-electron chi connectivity index (χ2n) is 9.79. The minimum atomic E-state index is -1.19. The molecule has 2 amide bonds. The Kier molecular flexibility index (Phi) is 8.77. The summed E-state index contributed by atoms with van der Waals surface area (Å²) in [4.78, 5) is 32.3. The first kappa shape index (κ1) is 26.2. The molecule has 2 heterocycles. The van der Waals surface area contributed by atoms with Gasteiger partial charge in [-0.2, -0.15) is 0 Å². The van der Waals surface area contributed by atoms with Crippen molar-refractivity contribution in [3.8, 4) is 0 Å². The first-order chi connectivity index (χ1) is 16.0. The Labute approximate surface area is 210 Å². The quantitative estimate of drug-likeness (QED) is 0.343. The monoisotopic (exact) mass is 551 g/mol. The standard InChI is InChI=1S/C23H34BrN5O4Si/c1-27(23(31)32)17-9-11-28(12-10-17)19-8-6-5-7-18(19)25-22(30)21-26-20(24)15-29(21)16-33-13-14-34(2,3)4/h5-8,15,17H,9-14,16H2,1-4H3,(H,25,30)(H,31,32). The number of benzene rings is 1. The summed E-state index contributed by atoms with van der Waals surface area (Å²) in [5.74, 6) is -0.0380. The zero-order valence-electron chi connectivity index (χ0n) is 20.3. The number of para-hydroxylation sites is 2. The number of rotatable bonds is 9. The molecule has 1 aromatic heterocycles. The SMILES string of the molecule is CN(C(=O)O)C1CCN(c2ccccc2NC(=O)c2nc(Br)cn2COCC[Si](C)(C)C)CC1. The molecule has 1 fully saturated rings. The third-order valence-electron chi connectivity index (χ3n) is 5.98. The second kappa shape index (κ2) is 11.4. The lowest BCUT2D eigenvalue weighted by molar-refractivity contribution is 0.0808. The number of piperidine rings is 1. The highest BCUT2D eigenvalue weighted by atomic mass is 79.9. The van der Waals surface area contributed by atoms with Crippen LogP contribution >= 0.6 is 15.9 Å². The fraction of sp³-hybridized carbons (Fsp3) is 0.522. The first-order valence-electron chi connectivity index (χ1n) is 11.5. The maximum Gasteiger partial charge on any atom is 0.407 e. The fourth-order valence-corrected chi connectivity index (χ4v) is 5.06. The van der Waals surface area contributed by atoms with Crippen molar-refractivity contribution in [2.75, 3.05) is 37.0 Å². The topological polar surface area (TPSA) is 99.9 Å². The zero-order valence-corrected chi connectivity index (χ0v) is 22.8. The van der Waals surface area contributed by atoms with E-state index in [9.17, 15) is 14.7 Å². The maximum atomic E-state index is 13.1. The van der Waals surface area contributed by atoms with Crippen LogP contribution < -0.4 is 10.2 Å². The van der Waals surface area contributed by atoms with Gasteiger partial charge in [0, 0.05) is 47.1 Å². The molecule has 186 valence electrons. The van der Waals surface area contributed by atoms with Gasteiger partial charge >= 0.3 is 6.09 Å². The van der Waals surface area contributed by atoms with E-state index in [1.807, 2.05) is 24.3 Å². The summed E-state index contributed by atoms with van der Waals surface area (Å²) in [6.45, 7) is 9.23. The minimum Gasteiger partial charge on any atom is -0.465 e. The summed E-state index contributed by atoms with van der Waals surface area (Å²) in [6, 6.07) is 8.71. The highest BCUT2D eigenvalue weighted by Gasteiger charge is 2.26. The number of nitrogens with zero attached hydrogens (tertiary/aromatic N) is 4. The molecule has 9 nitrogen and oxygen atoms in total. The van der Waals surface area contributed by atoms with Gasteiger partial charge in [0.15, 0.2) is 0 Å². The van der Waals surface area contributed by atoms with Crippen molar-refractivity contribution in [1.82, 2.24) is 14.5 Å². The molecule has 3 rings (SSSR count). The smallest absolute Gasteiger partial charge is 0.407 e. The number of carbonyl (C=O) groups excluding carboxylic acids is 1. The molecule has 1 saturated heterocycles. The second-order valence-corrected chi connectivity index (χ2v) is 16.2. The summed E-state index contributed by atoms with van der Waals surface area (Å²) < 4.78 is 8.10. The van der Waals surface area contributed by atoms with Gasteiger partial charge in [-0.15, -0.1) is 0 Å². The Bertz CT molecular complexity index is 1000. The average Bonchev–Trinajstić information content (AvgIpc) is 3.16. The molecule has 1 aliphatic heterocycles. The third-order valence-corrected chi connectivity index (χ3v) is 8.07. The Morgan fingerprint density at radius 2 is 1.94 bits per heavy atom. The number of imidazole rings is 1. The van der Waals surface area contributed by atoms with E-state index in [0.717, 1.165) is 24.6 Å². The molecule has 2 aromatic rings. The zero-order chi connectivity index (χ0) is 24.9. The predicted molar refractivity (Wildman–Crippen MR) is 139 cm³/mol. The van der Waals surface area contributed by atoms with E-state index in [1.54, 1.807) is 17.8 Å². The van der Waals surface area contributed by atoms with Crippen molar-refractivity contribution in [3.05, 3.63) is 40.9 Å². The lowest BCUT2D eigenvalue weighted by Gasteiger charge is -2.37. The molecule has 34 heavy (non-hydrogen) atoms. The van der Waals surface area contributed by atoms with Crippen molar-refractivity contribution >= 4 is 47.4 Å². The van der Waals surface area contributed by atoms with E-state index in [-0.39, 0.29) is 24.5 Å². The number of amides is 2. The lowest BCUT2D eigenvalue weighted by Crippen LogP contribution is -2.45. The number of carboxylic acid groups (broad SMARTS) is 1. The fourth-order valence-electron chi connectivity index (χ4n) is 3.89. The Hall–Kier alpha value is -2.37. The number of hydrogen-bond acceptors (Lipinski definition) is 5. The van der Waals surface area contributed by atoms with Crippen molar-refractivity contribution in [1.29, 1.82) is 0 Å². The summed E-state index contributed by atoms with van der Waals surface area (Å²) in [7, 11) is 0.426. The van der Waals surface area contributed by atoms with Gasteiger partial charge in [-0.05, 0) is 46.9 Å². The number of ether oxygens (including phenoxy) is 1. The molecule has 0 atom stereocenters. The highest BCUT2D eigenvalue weighted by molar-refractivity contribution is 9.10. The van der Waals surface area contributed by atoms with Gasteiger partial charge in [0.05, 0.1) is 11.4 Å². The van der Waals surface area contributed by atoms with Gasteiger partial charge in [-0.3, -0.25) is 4.79 Å². The number of nitrogens with one attached hydrogen (secondary N) is 1. The van der Waals surface area contributed by atoms with E-state index >= 15 is 0 Å². The number of halogens is 1. The maximum absolute atomic E-state index is 13.1. The van der Waals surface area contributed by atoms with Gasteiger partial charge in [0.25, 0.3) is 5.91 Å². The molecule has 1 aromatic carbocycles. The van der Waals surface area contributed by atoms with Crippen LogP contribution in [0.5, 0.6) is 0 Å². The van der Waals surface area contributed by atoms with Crippen LogP contribution in [0, 0.1) is 0 Å². The predicted octanol–water partition coefficient (Wildman–Crippen LogP) is 4.79. The van der Waals surface area contributed by atoms with E-state index < -0.39 is 14.2 Å². The van der Waals surface area contributed by atoms with Crippen LogP contribution in [0.3, 0.4) is 0 Å². The summed E-state index contributed by atoms with van der Waals surface area (Å²) in [5, 5.41) is 12.2. The molecular weight excluding hydrogens is 518 g/mol. The Balaban J connectivity index is 1.66. The molecule has 0 aliphatic carbocycles. The third kappa shape index (κ3) is 7.06. The van der Waals surface area contributed by atoms with Gasteiger partial charge in [-0.25, -0.2) is 9.78 Å². The summed E-state index contributed by atoms with van der Waals surface area (Å²) in [5.41, 5.74) is 1.61. The molecule has 0 bridgehead atoms. The molecule has 0 unspecified atom stereocenters. The molecule has 1 aliphatic rings. The van der Waals surface area contributed by atoms with E-state index in [0.29, 0.717) is 30.0 Å². The molecule has 0 spiro atoms. The number of anilines is 2. The van der Waals surface area contributed by atoms with Crippen LogP contribution in [-0.4, -0.2) is 72.4 Å². The molecule has 0 saturated carbocycles. The van der Waals surface area contributed by atoms with Crippen molar-refractivity contribution in [2.24, 2.45) is 0 Å². The van der Waals surface area contributed by atoms with E-state index in [2.05, 4.69) is 50.8 Å². The highest BCUT2D eigenvalue weighted by Crippen LogP contribution is 2.29. The Morgan fingerprint density at radius 1 is 1.26 bits per heavy atom. The van der Waals surface area contributed by atoms with Gasteiger partial charge in [-0.1, -0.05) is 31.8 Å². The van der Waals surface area contributed by atoms with Crippen LogP contribution in [0.2, 0.25) is 25.7 Å². The first-order valence-corrected chi connectivity index (χ1v) is 16.0. The van der Waals surface area contributed by atoms with E-state index in [1.165, 1.54) is 4.90 Å². The largest absolute Gasteiger partial charge is 0.465 e. The number of aromatic nitrogens is 2. The van der Waals surface area contributed by atoms with Crippen molar-refractivity contribution in [3.63, 3.8) is 0 Å². The molecular formula is C23H34BrN5O4Si. The Morgan fingerprint density at radius 3 is 2.59 bits per heavy atom. The van der Waals surface area contributed by atoms with Crippen LogP contribution in [0.25, 0.3) is 0 Å². The summed E-state index contributed by atoms with van der Waals surface area (Å²) >= 11 is 3.37. The van der Waals surface area contributed by atoms with Crippen LogP contribution in [0.1, 0.15) is 23.5 Å². The molecule has 2 N–H and O–H groups in total. The van der Waals surface area contributed by atoms with Crippen LogP contribution in [0.15, 0.2) is 35.1 Å². The van der Waals surface area contributed by atoms with Crippen LogP contribution in [0.4, 0.5) is 16.2 Å². The van der Waals surface area contributed by atoms with E-state index in [4.69, 9.17) is 4.74 Å².